The van der Waals surface area contributed by atoms with Crippen LogP contribution in [0.5, 0.6) is 0 Å². The van der Waals surface area contributed by atoms with Crippen LogP contribution in [0.4, 0.5) is 0 Å². The highest BCUT2D eigenvalue weighted by atomic mass is 16.5. The van der Waals surface area contributed by atoms with Gasteiger partial charge < -0.3 is 9.47 Å². The molecule has 0 bridgehead atoms. The predicted molar refractivity (Wildman–Crippen MR) is 63.3 cm³/mol. The zero-order chi connectivity index (χ0) is 12.9. The molecule has 1 saturated carbocycles. The second-order valence-corrected chi connectivity index (χ2v) is 4.98. The first-order valence-corrected chi connectivity index (χ1v) is 5.84. The topological polar surface area (TPSA) is 52.6 Å². The highest BCUT2D eigenvalue weighted by Gasteiger charge is 2.35. The lowest BCUT2D eigenvalue weighted by Crippen LogP contribution is -2.36. The van der Waals surface area contributed by atoms with Gasteiger partial charge in [0.25, 0.3) is 6.47 Å². The average Bonchev–Trinajstić information content (AvgIpc) is 2.24. The second kappa shape index (κ2) is 5.84. The van der Waals surface area contributed by atoms with Crippen LogP contribution < -0.4 is 0 Å². The summed E-state index contributed by atoms with van der Waals surface area (Å²) in [6.07, 6.45) is 3.55. The van der Waals surface area contributed by atoms with Crippen molar-refractivity contribution in [2.45, 2.75) is 44.6 Å². The van der Waals surface area contributed by atoms with Crippen molar-refractivity contribution in [1.29, 1.82) is 0 Å². The van der Waals surface area contributed by atoms with Crippen molar-refractivity contribution >= 4 is 12.4 Å². The van der Waals surface area contributed by atoms with Gasteiger partial charge in [-0.05, 0) is 32.1 Å². The van der Waals surface area contributed by atoms with Gasteiger partial charge in [0.05, 0.1) is 7.11 Å². The van der Waals surface area contributed by atoms with Gasteiger partial charge in [-0.15, -0.1) is 0 Å². The van der Waals surface area contributed by atoms with Crippen LogP contribution in [0.2, 0.25) is 0 Å². The zero-order valence-corrected chi connectivity index (χ0v) is 10.5. The Morgan fingerprint density at radius 1 is 1.65 bits per heavy atom. The molecule has 0 aromatic heterocycles. The van der Waals surface area contributed by atoms with Crippen LogP contribution in [0.25, 0.3) is 0 Å². The van der Waals surface area contributed by atoms with Crippen LogP contribution in [-0.4, -0.2) is 25.2 Å². The van der Waals surface area contributed by atoms with E-state index in [9.17, 15) is 9.59 Å². The van der Waals surface area contributed by atoms with E-state index < -0.39 is 5.60 Å². The quantitative estimate of drug-likeness (QED) is 0.420. The molecule has 1 fully saturated rings. The normalized spacial score (nSPS) is 28.6. The molecule has 2 atom stereocenters. The van der Waals surface area contributed by atoms with Crippen LogP contribution in [0.1, 0.15) is 39.0 Å². The van der Waals surface area contributed by atoms with Crippen molar-refractivity contribution in [1.82, 2.24) is 0 Å². The molecule has 4 heteroatoms. The van der Waals surface area contributed by atoms with Gasteiger partial charge in [0.2, 0.25) is 0 Å². The Balaban J connectivity index is 2.53. The summed E-state index contributed by atoms with van der Waals surface area (Å²) >= 11 is 0. The van der Waals surface area contributed by atoms with Crippen LogP contribution in [-0.2, 0) is 19.1 Å². The Kier molecular flexibility index (Phi) is 4.73. The van der Waals surface area contributed by atoms with Crippen LogP contribution >= 0.6 is 0 Å². The van der Waals surface area contributed by atoms with E-state index >= 15 is 0 Å². The Morgan fingerprint density at radius 2 is 2.35 bits per heavy atom. The summed E-state index contributed by atoms with van der Waals surface area (Å²) < 4.78 is 9.77. The average molecular weight is 240 g/mol. The first kappa shape index (κ1) is 13.7. The minimum Gasteiger partial charge on any atom is -0.469 e. The summed E-state index contributed by atoms with van der Waals surface area (Å²) in [5.41, 5.74) is 0.619. The van der Waals surface area contributed by atoms with Crippen molar-refractivity contribution in [3.63, 3.8) is 0 Å². The van der Waals surface area contributed by atoms with Crippen molar-refractivity contribution in [3.05, 3.63) is 12.2 Å². The molecule has 1 aliphatic rings. The third kappa shape index (κ3) is 4.21. The van der Waals surface area contributed by atoms with Gasteiger partial charge in [-0.3, -0.25) is 9.59 Å². The molecule has 0 aromatic carbocycles. The number of carbonyl (C=O) groups is 2. The van der Waals surface area contributed by atoms with Gasteiger partial charge in [0.1, 0.15) is 5.60 Å². The molecule has 1 aliphatic carbocycles. The first-order chi connectivity index (χ1) is 7.99. The third-order valence-corrected chi connectivity index (χ3v) is 3.24. The van der Waals surface area contributed by atoms with E-state index in [1.807, 2.05) is 6.92 Å². The van der Waals surface area contributed by atoms with Crippen LogP contribution in [0.3, 0.4) is 0 Å². The maximum Gasteiger partial charge on any atom is 0.305 e. The molecular formula is C13H20O4. The Morgan fingerprint density at radius 3 is 2.94 bits per heavy atom. The largest absolute Gasteiger partial charge is 0.469 e. The number of carbonyl (C=O) groups excluding carboxylic acids is 2. The number of hydrogen-bond donors (Lipinski definition) is 0. The smallest absolute Gasteiger partial charge is 0.305 e. The summed E-state index contributed by atoms with van der Waals surface area (Å²) in [5, 5.41) is 0. The van der Waals surface area contributed by atoms with Crippen molar-refractivity contribution in [2.75, 3.05) is 7.11 Å². The molecule has 96 valence electrons. The standard InChI is InChI=1S/C13H20O4/c1-10-6-11(4-5-12(15)16-3)8-13(2,7-10)17-9-14/h9,11H,1,4-8H2,2-3H3. The second-order valence-electron chi connectivity index (χ2n) is 4.98. The Hall–Kier alpha value is -1.32. The Bertz CT molecular complexity index is 311. The van der Waals surface area contributed by atoms with E-state index in [2.05, 4.69) is 11.3 Å². The van der Waals surface area contributed by atoms with E-state index in [1.54, 1.807) is 0 Å². The summed E-state index contributed by atoms with van der Waals surface area (Å²) in [6.45, 7) is 6.39. The van der Waals surface area contributed by atoms with Gasteiger partial charge in [-0.1, -0.05) is 12.2 Å². The van der Waals surface area contributed by atoms with Gasteiger partial charge in [0.15, 0.2) is 0 Å². The third-order valence-electron chi connectivity index (χ3n) is 3.24. The molecule has 0 radical (unpaired) electrons. The SMILES string of the molecule is C=C1CC(CCC(=O)OC)CC(C)(OC=O)C1. The molecule has 2 unspecified atom stereocenters. The molecule has 4 nitrogen and oxygen atoms in total. The molecule has 0 spiro atoms. The molecular weight excluding hydrogens is 220 g/mol. The van der Waals surface area contributed by atoms with Crippen LogP contribution in [0.15, 0.2) is 12.2 Å². The van der Waals surface area contributed by atoms with Crippen molar-refractivity contribution < 1.29 is 19.1 Å². The van der Waals surface area contributed by atoms with Gasteiger partial charge in [-0.25, -0.2) is 0 Å². The lowest BCUT2D eigenvalue weighted by Gasteiger charge is -2.37. The summed E-state index contributed by atoms with van der Waals surface area (Å²) in [7, 11) is 1.39. The molecule has 0 aromatic rings. The molecule has 0 saturated heterocycles. The van der Waals surface area contributed by atoms with E-state index in [1.165, 1.54) is 7.11 Å². The molecule has 0 N–H and O–H groups in total. The van der Waals surface area contributed by atoms with Crippen molar-refractivity contribution in [3.8, 4) is 0 Å². The molecule has 0 amide bonds. The first-order valence-electron chi connectivity index (χ1n) is 5.84. The van der Waals surface area contributed by atoms with Crippen LogP contribution in [0, 0.1) is 5.92 Å². The molecule has 17 heavy (non-hydrogen) atoms. The number of esters is 1. The predicted octanol–water partition coefficient (Wildman–Crippen LogP) is 2.23. The van der Waals surface area contributed by atoms with Crippen molar-refractivity contribution in [2.24, 2.45) is 5.92 Å². The molecule has 1 rings (SSSR count). The van der Waals surface area contributed by atoms with Gasteiger partial charge in [-0.2, -0.15) is 0 Å². The minimum atomic E-state index is -0.460. The number of ether oxygens (including phenoxy) is 2. The number of rotatable bonds is 5. The summed E-state index contributed by atoms with van der Waals surface area (Å²) in [5.74, 6) is 0.138. The maximum absolute atomic E-state index is 11.1. The number of methoxy groups -OCH3 is 1. The lowest BCUT2D eigenvalue weighted by atomic mass is 9.75. The lowest BCUT2D eigenvalue weighted by molar-refractivity contribution is -0.146. The highest BCUT2D eigenvalue weighted by molar-refractivity contribution is 5.69. The number of hydrogen-bond acceptors (Lipinski definition) is 4. The zero-order valence-electron chi connectivity index (χ0n) is 10.5. The molecule has 0 aliphatic heterocycles. The van der Waals surface area contributed by atoms with E-state index in [-0.39, 0.29) is 5.97 Å². The monoisotopic (exact) mass is 240 g/mol. The highest BCUT2D eigenvalue weighted by Crippen LogP contribution is 2.39. The van der Waals surface area contributed by atoms with Gasteiger partial charge in [0, 0.05) is 12.8 Å². The van der Waals surface area contributed by atoms with E-state index in [0.29, 0.717) is 25.2 Å². The Labute approximate surface area is 102 Å². The summed E-state index contributed by atoms with van der Waals surface area (Å²) in [6, 6.07) is 0. The summed E-state index contributed by atoms with van der Waals surface area (Å²) in [4.78, 5) is 21.6. The molecule has 0 heterocycles. The fourth-order valence-electron chi connectivity index (χ4n) is 2.60. The fourth-order valence-corrected chi connectivity index (χ4v) is 2.60. The minimum absolute atomic E-state index is 0.195. The maximum atomic E-state index is 11.1. The van der Waals surface area contributed by atoms with E-state index in [0.717, 1.165) is 24.8 Å². The fraction of sp³-hybridized carbons (Fsp3) is 0.692. The van der Waals surface area contributed by atoms with E-state index in [4.69, 9.17) is 4.74 Å². The van der Waals surface area contributed by atoms with Gasteiger partial charge >= 0.3 is 5.97 Å².